The number of rotatable bonds is 4. The fourth-order valence-electron chi connectivity index (χ4n) is 1.80. The van der Waals surface area contributed by atoms with Crippen LogP contribution >= 0.6 is 0 Å². The number of nitrogens with two attached hydrogens (primary N) is 1. The van der Waals surface area contributed by atoms with Crippen LogP contribution in [0.1, 0.15) is 23.6 Å². The number of aliphatic imine (C=N–C) groups is 1. The minimum absolute atomic E-state index is 0.215. The van der Waals surface area contributed by atoms with Crippen LogP contribution in [0.4, 0.5) is 8.78 Å². The van der Waals surface area contributed by atoms with E-state index in [1.54, 1.807) is 31.2 Å². The van der Waals surface area contributed by atoms with Crippen LogP contribution in [0.25, 0.3) is 12.2 Å². The zero-order valence-electron chi connectivity index (χ0n) is 11.7. The zero-order chi connectivity index (χ0) is 15.2. The number of amidine groups is 1. The molecule has 0 radical (unpaired) electrons. The van der Waals surface area contributed by atoms with Gasteiger partial charge in [0.1, 0.15) is 11.6 Å². The van der Waals surface area contributed by atoms with E-state index in [-0.39, 0.29) is 18.2 Å². The highest BCUT2D eigenvalue weighted by molar-refractivity contribution is 5.77. The minimum Gasteiger partial charge on any atom is -0.388 e. The second-order valence-electron chi connectivity index (χ2n) is 4.69. The molecule has 108 valence electrons. The van der Waals surface area contributed by atoms with Gasteiger partial charge in [-0.2, -0.15) is 0 Å². The molecule has 0 heterocycles. The van der Waals surface area contributed by atoms with Gasteiger partial charge in [0.05, 0.1) is 12.4 Å². The third-order valence-electron chi connectivity index (χ3n) is 2.91. The van der Waals surface area contributed by atoms with E-state index in [9.17, 15) is 8.78 Å². The monoisotopic (exact) mass is 286 g/mol. The fraction of sp³-hybridized carbons (Fsp3) is 0.118. The van der Waals surface area contributed by atoms with Crippen molar-refractivity contribution in [2.45, 2.75) is 13.5 Å². The molecule has 0 saturated carbocycles. The van der Waals surface area contributed by atoms with Crippen molar-refractivity contribution < 1.29 is 8.78 Å². The van der Waals surface area contributed by atoms with Crippen LogP contribution in [0.15, 0.2) is 47.5 Å². The summed E-state index contributed by atoms with van der Waals surface area (Å²) in [6.45, 7) is 1.88. The van der Waals surface area contributed by atoms with Gasteiger partial charge in [-0.1, -0.05) is 30.4 Å². The van der Waals surface area contributed by atoms with Crippen LogP contribution < -0.4 is 5.73 Å². The molecule has 2 N–H and O–H groups in total. The molecule has 2 rings (SSSR count). The molecule has 0 aliphatic heterocycles. The molecule has 4 heteroatoms. The number of hydrogen-bond donors (Lipinski definition) is 1. The van der Waals surface area contributed by atoms with Gasteiger partial charge in [0.2, 0.25) is 0 Å². The molecule has 21 heavy (non-hydrogen) atoms. The number of benzene rings is 2. The molecule has 0 unspecified atom stereocenters. The molecule has 0 amide bonds. The van der Waals surface area contributed by atoms with Crippen LogP contribution in [-0.2, 0) is 6.54 Å². The molecular weight excluding hydrogens is 270 g/mol. The van der Waals surface area contributed by atoms with Crippen molar-refractivity contribution in [2.24, 2.45) is 10.7 Å². The van der Waals surface area contributed by atoms with E-state index in [1.165, 1.54) is 18.2 Å². The van der Waals surface area contributed by atoms with Gasteiger partial charge in [0.15, 0.2) is 0 Å². The predicted molar refractivity (Wildman–Crippen MR) is 82.7 cm³/mol. The molecule has 2 nitrogen and oxygen atoms in total. The standard InChI is InChI=1S/C17H16F2N2/c1-12(20)21-11-15-10-14(6-9-17(15)19)3-2-13-4-7-16(18)8-5-13/h2-10H,11H2,1H3,(H2,20,21)/b3-2+. The number of nitrogens with zero attached hydrogens (tertiary/aromatic N) is 1. The Hall–Kier alpha value is -2.49. The Labute approximate surface area is 122 Å². The van der Waals surface area contributed by atoms with Crippen LogP contribution in [-0.4, -0.2) is 5.84 Å². The van der Waals surface area contributed by atoms with E-state index < -0.39 is 0 Å². The van der Waals surface area contributed by atoms with Gasteiger partial charge in [-0.3, -0.25) is 4.99 Å². The fourth-order valence-corrected chi connectivity index (χ4v) is 1.80. The van der Waals surface area contributed by atoms with Crippen LogP contribution in [0, 0.1) is 11.6 Å². The maximum atomic E-state index is 13.7. The van der Waals surface area contributed by atoms with Crippen molar-refractivity contribution in [2.75, 3.05) is 0 Å². The van der Waals surface area contributed by atoms with Crippen molar-refractivity contribution in [3.8, 4) is 0 Å². The minimum atomic E-state index is -0.307. The quantitative estimate of drug-likeness (QED) is 0.514. The highest BCUT2D eigenvalue weighted by atomic mass is 19.1. The maximum Gasteiger partial charge on any atom is 0.128 e. The molecule has 0 bridgehead atoms. The SMILES string of the molecule is CC(N)=NCc1cc(/C=C/c2ccc(F)cc2)ccc1F. The smallest absolute Gasteiger partial charge is 0.128 e. The van der Waals surface area contributed by atoms with Gasteiger partial charge in [-0.25, -0.2) is 8.78 Å². The van der Waals surface area contributed by atoms with E-state index >= 15 is 0 Å². The van der Waals surface area contributed by atoms with Crippen molar-refractivity contribution in [3.05, 3.63) is 70.8 Å². The normalized spacial score (nSPS) is 12.0. The van der Waals surface area contributed by atoms with Crippen molar-refractivity contribution in [1.82, 2.24) is 0 Å². The van der Waals surface area contributed by atoms with Gasteiger partial charge in [0.25, 0.3) is 0 Å². The first-order chi connectivity index (χ1) is 10.0. The van der Waals surface area contributed by atoms with E-state index in [4.69, 9.17) is 5.73 Å². The summed E-state index contributed by atoms with van der Waals surface area (Å²) in [5.41, 5.74) is 7.67. The van der Waals surface area contributed by atoms with Crippen LogP contribution in [0.5, 0.6) is 0 Å². The van der Waals surface area contributed by atoms with Gasteiger partial charge >= 0.3 is 0 Å². The Morgan fingerprint density at radius 3 is 2.33 bits per heavy atom. The molecule has 0 atom stereocenters. The molecule has 0 saturated heterocycles. The summed E-state index contributed by atoms with van der Waals surface area (Å²) >= 11 is 0. The lowest BCUT2D eigenvalue weighted by Gasteiger charge is -2.02. The summed E-state index contributed by atoms with van der Waals surface area (Å²) in [5.74, 6) is -0.160. The molecule has 2 aromatic rings. The van der Waals surface area contributed by atoms with Crippen molar-refractivity contribution in [1.29, 1.82) is 0 Å². The van der Waals surface area contributed by atoms with E-state index in [0.717, 1.165) is 11.1 Å². The van der Waals surface area contributed by atoms with Crippen molar-refractivity contribution >= 4 is 18.0 Å². The first-order valence-corrected chi connectivity index (χ1v) is 6.53. The Morgan fingerprint density at radius 1 is 1.05 bits per heavy atom. The number of hydrogen-bond acceptors (Lipinski definition) is 1. The zero-order valence-corrected chi connectivity index (χ0v) is 11.7. The average molecular weight is 286 g/mol. The predicted octanol–water partition coefficient (Wildman–Crippen LogP) is 4.01. The summed E-state index contributed by atoms with van der Waals surface area (Å²) in [5, 5.41) is 0. The lowest BCUT2D eigenvalue weighted by molar-refractivity contribution is 0.610. The van der Waals surface area contributed by atoms with Crippen molar-refractivity contribution in [3.63, 3.8) is 0 Å². The van der Waals surface area contributed by atoms with E-state index in [1.807, 2.05) is 12.2 Å². The first-order valence-electron chi connectivity index (χ1n) is 6.53. The summed E-state index contributed by atoms with van der Waals surface area (Å²) in [7, 11) is 0. The second-order valence-corrected chi connectivity index (χ2v) is 4.69. The van der Waals surface area contributed by atoms with E-state index in [2.05, 4.69) is 4.99 Å². The molecule has 0 aliphatic carbocycles. The maximum absolute atomic E-state index is 13.7. The lowest BCUT2D eigenvalue weighted by atomic mass is 10.1. The third kappa shape index (κ3) is 4.53. The van der Waals surface area contributed by atoms with Gasteiger partial charge in [0, 0.05) is 5.56 Å². The van der Waals surface area contributed by atoms with Crippen LogP contribution in [0.3, 0.4) is 0 Å². The molecule has 0 aliphatic rings. The summed E-state index contributed by atoms with van der Waals surface area (Å²) in [6.07, 6.45) is 3.68. The molecular formula is C17H16F2N2. The van der Waals surface area contributed by atoms with E-state index in [0.29, 0.717) is 11.4 Å². The second kappa shape index (κ2) is 6.79. The number of halogens is 2. The third-order valence-corrected chi connectivity index (χ3v) is 2.91. The summed E-state index contributed by atoms with van der Waals surface area (Å²) in [6, 6.07) is 11.0. The molecule has 2 aromatic carbocycles. The molecule has 0 spiro atoms. The summed E-state index contributed by atoms with van der Waals surface area (Å²) in [4.78, 5) is 4.01. The Bertz CT molecular complexity index is 670. The Morgan fingerprint density at radius 2 is 1.67 bits per heavy atom. The first kappa shape index (κ1) is 14.9. The highest BCUT2D eigenvalue weighted by Gasteiger charge is 2.01. The van der Waals surface area contributed by atoms with Crippen LogP contribution in [0.2, 0.25) is 0 Å². The Kier molecular flexibility index (Phi) is 4.82. The topological polar surface area (TPSA) is 38.4 Å². The van der Waals surface area contributed by atoms with Gasteiger partial charge < -0.3 is 5.73 Å². The Balaban J connectivity index is 2.18. The highest BCUT2D eigenvalue weighted by Crippen LogP contribution is 2.15. The average Bonchev–Trinajstić information content (AvgIpc) is 2.46. The summed E-state index contributed by atoms with van der Waals surface area (Å²) < 4.78 is 26.5. The molecule has 0 fully saturated rings. The molecule has 0 aromatic heterocycles. The largest absolute Gasteiger partial charge is 0.388 e. The lowest BCUT2D eigenvalue weighted by Crippen LogP contribution is -2.05. The van der Waals surface area contributed by atoms with Gasteiger partial charge in [-0.15, -0.1) is 0 Å². The van der Waals surface area contributed by atoms with Gasteiger partial charge in [-0.05, 0) is 42.3 Å².